The Labute approximate surface area is 288 Å². The van der Waals surface area contributed by atoms with E-state index < -0.39 is 6.04 Å². The van der Waals surface area contributed by atoms with Gasteiger partial charge in [-0.25, -0.2) is 4.68 Å². The third kappa shape index (κ3) is 6.50. The fraction of sp³-hybridized carbons (Fsp3) is 0.457. The first-order valence-electron chi connectivity index (χ1n) is 16.6. The minimum absolute atomic E-state index is 0.135. The second-order valence-corrected chi connectivity index (χ2v) is 14.3. The van der Waals surface area contributed by atoms with Crippen molar-refractivity contribution < 1.29 is 14.4 Å². The lowest BCUT2D eigenvalue weighted by Crippen LogP contribution is -2.52. The van der Waals surface area contributed by atoms with Gasteiger partial charge in [0.05, 0.1) is 11.9 Å². The number of amides is 3. The van der Waals surface area contributed by atoms with Crippen LogP contribution >= 0.6 is 15.9 Å². The molecule has 48 heavy (non-hydrogen) atoms. The molecule has 12 nitrogen and oxygen atoms in total. The molecule has 1 aromatic heterocycles. The minimum atomic E-state index is -0.609. The number of carbonyl (C=O) groups excluding carboxylic acids is 3. The SMILES string of the molecule is CN1C[C@@H](Nc2cnn(C)c(=O)c2Br)C[C@@H](c2ccc(CN3CCN(c4cccc5c4CN(C4CCC(=O)NC4=O)C5=O)CC3)cc2)C1. The predicted molar refractivity (Wildman–Crippen MR) is 186 cm³/mol. The van der Waals surface area contributed by atoms with E-state index in [1.165, 1.54) is 15.8 Å². The van der Waals surface area contributed by atoms with Crippen LogP contribution in [0, 0.1) is 0 Å². The molecule has 4 aliphatic rings. The zero-order chi connectivity index (χ0) is 33.5. The lowest BCUT2D eigenvalue weighted by molar-refractivity contribution is -0.136. The van der Waals surface area contributed by atoms with E-state index in [0.717, 1.165) is 69.2 Å². The number of likely N-dealkylation sites (tertiary alicyclic amines) is 1. The molecule has 3 saturated heterocycles. The minimum Gasteiger partial charge on any atom is -0.379 e. The van der Waals surface area contributed by atoms with Crippen LogP contribution in [0.1, 0.15) is 52.2 Å². The highest BCUT2D eigenvalue weighted by Crippen LogP contribution is 2.35. The summed E-state index contributed by atoms with van der Waals surface area (Å²) in [6.07, 6.45) is 3.28. The van der Waals surface area contributed by atoms with E-state index in [2.05, 4.69) is 83.7 Å². The van der Waals surface area contributed by atoms with E-state index in [1.807, 2.05) is 12.1 Å². The number of aryl methyl sites for hydroxylation is 1. The van der Waals surface area contributed by atoms with Gasteiger partial charge in [-0.15, -0.1) is 0 Å². The second-order valence-electron chi connectivity index (χ2n) is 13.5. The molecule has 3 atom stereocenters. The van der Waals surface area contributed by atoms with Crippen molar-refractivity contribution in [1.29, 1.82) is 0 Å². The molecule has 2 aromatic carbocycles. The lowest BCUT2D eigenvalue weighted by Gasteiger charge is -2.37. The number of halogens is 1. The zero-order valence-corrected chi connectivity index (χ0v) is 28.9. The molecule has 5 heterocycles. The predicted octanol–water partition coefficient (Wildman–Crippen LogP) is 2.53. The van der Waals surface area contributed by atoms with Gasteiger partial charge in [-0.2, -0.15) is 5.10 Å². The van der Waals surface area contributed by atoms with Crippen molar-refractivity contribution in [3.05, 3.63) is 85.7 Å². The highest BCUT2D eigenvalue weighted by Gasteiger charge is 2.40. The van der Waals surface area contributed by atoms with E-state index in [-0.39, 0.29) is 35.7 Å². The highest BCUT2D eigenvalue weighted by atomic mass is 79.9. The molecular weight excluding hydrogens is 676 g/mol. The van der Waals surface area contributed by atoms with Crippen LogP contribution in [0.2, 0.25) is 0 Å². The number of carbonyl (C=O) groups is 3. The Morgan fingerprint density at radius 3 is 2.50 bits per heavy atom. The molecule has 3 fully saturated rings. The molecule has 252 valence electrons. The second kappa shape index (κ2) is 13.4. The standard InChI is InChI=1S/C35H41BrN8O4/c1-40-19-24(16-25(20-40)38-28-17-37-41(2)35(48)32(28)36)23-8-6-22(7-9-23)18-42-12-14-43(15-13-42)29-5-3-4-26-27(29)21-44(34(26)47)30-10-11-31(45)39-33(30)46/h3-9,17,24-25,30,38H,10-16,18-21H2,1-2H3,(H,39,45,46)/t24-,25+,30?/m1/s1. The Kier molecular flexibility index (Phi) is 9.10. The average Bonchev–Trinajstić information content (AvgIpc) is 3.41. The number of likely N-dealkylation sites (N-methyl/N-ethyl adjacent to an activating group) is 1. The van der Waals surface area contributed by atoms with E-state index in [4.69, 9.17) is 0 Å². The lowest BCUT2D eigenvalue weighted by atomic mass is 9.87. The van der Waals surface area contributed by atoms with Crippen LogP contribution in [0.3, 0.4) is 0 Å². The quantitative estimate of drug-likeness (QED) is 0.355. The summed E-state index contributed by atoms with van der Waals surface area (Å²) in [5.74, 6) is -0.419. The monoisotopic (exact) mass is 716 g/mol. The number of anilines is 2. The topological polar surface area (TPSA) is 123 Å². The molecule has 0 saturated carbocycles. The number of rotatable bonds is 7. The fourth-order valence-corrected chi connectivity index (χ4v) is 8.14. The molecule has 2 N–H and O–H groups in total. The molecule has 4 aliphatic heterocycles. The molecule has 3 amide bonds. The van der Waals surface area contributed by atoms with Gasteiger partial charge in [-0.05, 0) is 65.0 Å². The molecular formula is C35H41BrN8O4. The molecule has 13 heteroatoms. The number of nitrogens with one attached hydrogen (secondary N) is 2. The number of hydrogen-bond donors (Lipinski definition) is 2. The first kappa shape index (κ1) is 32.5. The molecule has 0 bridgehead atoms. The van der Waals surface area contributed by atoms with E-state index in [1.54, 1.807) is 18.1 Å². The Hall–Kier alpha value is -4.07. The van der Waals surface area contributed by atoms with Gasteiger partial charge in [-0.1, -0.05) is 30.3 Å². The van der Waals surface area contributed by atoms with Crippen LogP contribution in [0.15, 0.2) is 57.9 Å². The smallest absolute Gasteiger partial charge is 0.282 e. The zero-order valence-electron chi connectivity index (χ0n) is 27.3. The number of piperidine rings is 2. The molecule has 7 rings (SSSR count). The number of benzene rings is 2. The van der Waals surface area contributed by atoms with Crippen molar-refractivity contribution in [2.75, 3.05) is 56.5 Å². The van der Waals surface area contributed by atoms with Crippen molar-refractivity contribution in [1.82, 2.24) is 29.8 Å². The van der Waals surface area contributed by atoms with E-state index >= 15 is 0 Å². The maximum absolute atomic E-state index is 13.3. The first-order valence-corrected chi connectivity index (χ1v) is 17.4. The number of imide groups is 1. The molecule has 3 aromatic rings. The maximum atomic E-state index is 13.3. The van der Waals surface area contributed by atoms with Crippen molar-refractivity contribution >= 4 is 45.0 Å². The fourth-order valence-electron chi connectivity index (χ4n) is 7.66. The van der Waals surface area contributed by atoms with Gasteiger partial charge in [0.15, 0.2) is 0 Å². The number of fused-ring (bicyclic) bond motifs is 1. The van der Waals surface area contributed by atoms with Crippen molar-refractivity contribution in [2.24, 2.45) is 7.05 Å². The third-order valence-corrected chi connectivity index (χ3v) is 11.0. The van der Waals surface area contributed by atoms with Crippen molar-refractivity contribution in [2.45, 2.75) is 50.4 Å². The van der Waals surface area contributed by atoms with Crippen molar-refractivity contribution in [3.8, 4) is 0 Å². The largest absolute Gasteiger partial charge is 0.379 e. The van der Waals surface area contributed by atoms with E-state index in [9.17, 15) is 19.2 Å². The van der Waals surface area contributed by atoms with Gasteiger partial charge in [0, 0.05) is 88.7 Å². The molecule has 1 unspecified atom stereocenters. The Bertz CT molecular complexity index is 1790. The molecule has 0 radical (unpaired) electrons. The van der Waals surface area contributed by atoms with E-state index in [0.29, 0.717) is 28.9 Å². The summed E-state index contributed by atoms with van der Waals surface area (Å²) < 4.78 is 1.83. The van der Waals surface area contributed by atoms with Crippen LogP contribution in [-0.2, 0) is 29.7 Å². The summed E-state index contributed by atoms with van der Waals surface area (Å²) in [5, 5.41) is 10.1. The number of nitrogens with zero attached hydrogens (tertiary/aromatic N) is 6. The maximum Gasteiger partial charge on any atom is 0.282 e. The summed E-state index contributed by atoms with van der Waals surface area (Å²) in [7, 11) is 3.79. The van der Waals surface area contributed by atoms with Crippen LogP contribution in [0.4, 0.5) is 11.4 Å². The van der Waals surface area contributed by atoms with Gasteiger partial charge in [0.1, 0.15) is 10.5 Å². The van der Waals surface area contributed by atoms with Crippen LogP contribution in [0.5, 0.6) is 0 Å². The Balaban J connectivity index is 0.944. The molecule has 0 aliphatic carbocycles. The third-order valence-electron chi connectivity index (χ3n) is 10.2. The number of piperazine rings is 1. The van der Waals surface area contributed by atoms with Gasteiger partial charge < -0.3 is 20.0 Å². The van der Waals surface area contributed by atoms with Crippen molar-refractivity contribution in [3.63, 3.8) is 0 Å². The average molecular weight is 718 g/mol. The number of hydrogen-bond acceptors (Lipinski definition) is 9. The first-order chi connectivity index (χ1) is 23.1. The summed E-state index contributed by atoms with van der Waals surface area (Å²) in [4.78, 5) is 58.6. The van der Waals surface area contributed by atoms with Gasteiger partial charge in [-0.3, -0.25) is 29.4 Å². The van der Waals surface area contributed by atoms with Crippen LogP contribution in [-0.4, -0.2) is 101 Å². The van der Waals surface area contributed by atoms with Gasteiger partial charge >= 0.3 is 0 Å². The van der Waals surface area contributed by atoms with Crippen LogP contribution < -0.4 is 21.1 Å². The summed E-state index contributed by atoms with van der Waals surface area (Å²) >= 11 is 3.44. The summed E-state index contributed by atoms with van der Waals surface area (Å²) in [6.45, 7) is 6.65. The highest BCUT2D eigenvalue weighted by molar-refractivity contribution is 9.10. The summed E-state index contributed by atoms with van der Waals surface area (Å²) in [6, 6.07) is 14.5. The van der Waals surface area contributed by atoms with Gasteiger partial charge in [0.25, 0.3) is 11.5 Å². The normalized spacial score (nSPS) is 23.7. The number of aromatic nitrogens is 2. The van der Waals surface area contributed by atoms with Crippen LogP contribution in [0.25, 0.3) is 0 Å². The van der Waals surface area contributed by atoms with Gasteiger partial charge in [0.2, 0.25) is 11.8 Å². The molecule has 0 spiro atoms. The Morgan fingerprint density at radius 2 is 1.75 bits per heavy atom. The Morgan fingerprint density at radius 1 is 0.979 bits per heavy atom. The summed E-state index contributed by atoms with van der Waals surface area (Å²) in [5.41, 5.74) is 5.86.